The number of thiocarbonyl (C=S) groups is 1. The summed E-state index contributed by atoms with van der Waals surface area (Å²) in [6.07, 6.45) is -3.29. The van der Waals surface area contributed by atoms with Gasteiger partial charge in [-0.15, -0.1) is 11.3 Å². The predicted octanol–water partition coefficient (Wildman–Crippen LogP) is 7.55. The van der Waals surface area contributed by atoms with E-state index < -0.39 is 81.6 Å². The quantitative estimate of drug-likeness (QED) is 0.0420. The highest BCUT2D eigenvalue weighted by molar-refractivity contribution is 7.81. The Morgan fingerprint density at radius 1 is 0.959 bits per heavy atom. The number of nitrogens with zero attached hydrogens (tertiary/aromatic N) is 6. The number of nitrogens with one attached hydrogen (secondary N) is 2. The number of benzene rings is 2. The van der Waals surface area contributed by atoms with Gasteiger partial charge in [-0.2, -0.15) is 18.4 Å². The SMILES string of the molecule is Cc1nc(OCCCCCOCCCOCC(=O)N[C@H](C(=O)N2C[C@H](O)C[C@H]2C(=O)NCc2ccc(-c3scnc3C)cc2)C(C)(C)C)ccc1N1C(=S)N(c2ccc(C#N)c(C(F)(F)F)c2F)C(=O)C1(C)C. The Kier molecular flexibility index (Phi) is 18.3. The molecule has 2 aliphatic heterocycles. The predicted molar refractivity (Wildman–Crippen MR) is 269 cm³/mol. The molecule has 6 rings (SSSR count). The summed E-state index contributed by atoms with van der Waals surface area (Å²) in [4.78, 5) is 67.3. The lowest BCUT2D eigenvalue weighted by molar-refractivity contribution is -0.144. The van der Waals surface area contributed by atoms with E-state index in [2.05, 4.69) is 20.6 Å². The van der Waals surface area contributed by atoms with Gasteiger partial charge >= 0.3 is 6.18 Å². The van der Waals surface area contributed by atoms with Crippen molar-refractivity contribution in [1.82, 2.24) is 25.5 Å². The summed E-state index contributed by atoms with van der Waals surface area (Å²) in [5.41, 5.74) is -0.185. The van der Waals surface area contributed by atoms with Gasteiger partial charge in [-0.25, -0.2) is 14.4 Å². The molecule has 2 fully saturated rings. The number of ether oxygens (including phenoxy) is 3. The van der Waals surface area contributed by atoms with E-state index in [0.29, 0.717) is 54.8 Å². The van der Waals surface area contributed by atoms with Crippen LogP contribution >= 0.6 is 23.6 Å². The lowest BCUT2D eigenvalue weighted by atomic mass is 9.85. The number of alkyl halides is 3. The number of hydrogen-bond acceptors (Lipinski definition) is 13. The number of aliphatic hydroxyl groups is 1. The van der Waals surface area contributed by atoms with Crippen LogP contribution in [0.1, 0.15) is 94.8 Å². The Labute approximate surface area is 431 Å². The van der Waals surface area contributed by atoms with Crippen molar-refractivity contribution < 1.29 is 56.1 Å². The van der Waals surface area contributed by atoms with Crippen molar-refractivity contribution in [3.05, 3.63) is 87.9 Å². The first-order valence-electron chi connectivity index (χ1n) is 23.7. The number of carbonyl (C=O) groups is 4. The second-order valence-electron chi connectivity index (χ2n) is 19.4. The summed E-state index contributed by atoms with van der Waals surface area (Å²) in [6.45, 7) is 13.4. The summed E-state index contributed by atoms with van der Waals surface area (Å²) in [5.74, 6) is -3.62. The van der Waals surface area contributed by atoms with E-state index in [0.717, 1.165) is 46.7 Å². The van der Waals surface area contributed by atoms with Gasteiger partial charge < -0.3 is 39.8 Å². The van der Waals surface area contributed by atoms with Crippen LogP contribution < -0.4 is 25.2 Å². The fourth-order valence-electron chi connectivity index (χ4n) is 8.54. The molecular formula is C51H60F4N8O8S2. The molecule has 0 unspecified atom stereocenters. The number of thiazole rings is 1. The van der Waals surface area contributed by atoms with E-state index in [1.165, 1.54) is 29.7 Å². The molecule has 2 aliphatic rings. The lowest BCUT2D eigenvalue weighted by Crippen LogP contribution is -2.58. The maximum Gasteiger partial charge on any atom is 0.420 e. The minimum atomic E-state index is -5.20. The van der Waals surface area contributed by atoms with Crippen LogP contribution in [-0.2, 0) is 41.4 Å². The highest BCUT2D eigenvalue weighted by atomic mass is 32.1. The van der Waals surface area contributed by atoms with Gasteiger partial charge in [0, 0.05) is 45.4 Å². The summed E-state index contributed by atoms with van der Waals surface area (Å²) >= 11 is 7.10. The number of rotatable bonds is 21. The number of anilines is 2. The average molecular weight is 1050 g/mol. The Balaban J connectivity index is 0.869. The van der Waals surface area contributed by atoms with Crippen molar-refractivity contribution in [2.24, 2.45) is 5.41 Å². The van der Waals surface area contributed by atoms with Gasteiger partial charge in [-0.3, -0.25) is 24.1 Å². The average Bonchev–Trinajstić information content (AvgIpc) is 3.99. The number of likely N-dealkylation sites (tertiary alicyclic amines) is 1. The van der Waals surface area contributed by atoms with E-state index in [1.54, 1.807) is 35.9 Å². The highest BCUT2D eigenvalue weighted by Crippen LogP contribution is 2.42. The molecule has 0 radical (unpaired) electrons. The van der Waals surface area contributed by atoms with E-state index >= 15 is 4.39 Å². The van der Waals surface area contributed by atoms with Gasteiger partial charge in [0.05, 0.1) is 57.5 Å². The van der Waals surface area contributed by atoms with Crippen molar-refractivity contribution in [3.63, 3.8) is 0 Å². The van der Waals surface area contributed by atoms with Crippen LogP contribution in [0.5, 0.6) is 5.88 Å². The first-order valence-corrected chi connectivity index (χ1v) is 25.0. The Hall–Kier alpha value is -6.12. The van der Waals surface area contributed by atoms with Crippen LogP contribution in [0, 0.1) is 36.4 Å². The minimum absolute atomic E-state index is 0.0407. The molecule has 392 valence electrons. The van der Waals surface area contributed by atoms with Crippen molar-refractivity contribution in [3.8, 4) is 22.4 Å². The smallest absolute Gasteiger partial charge is 0.420 e. The number of amides is 4. The molecule has 4 heterocycles. The molecule has 22 heteroatoms. The minimum Gasteiger partial charge on any atom is -0.478 e. The number of hydrogen-bond donors (Lipinski definition) is 3. The molecule has 4 aromatic rings. The molecule has 0 spiro atoms. The Morgan fingerprint density at radius 3 is 2.27 bits per heavy atom. The standard InChI is InChI=1S/C51H60F4N8O8S2/c1-30-36(63-48(72)62(47(68)50(63,6)7)37-17-16-34(25-56)41(42(37)52)51(53,54)55)18-19-40(59-30)71-23-10-8-9-20-69-21-11-22-70-28-39(65)60-44(49(3,4)5)46(67)61-27-35(64)24-38(61)45(66)57-26-32-12-14-33(15-13-32)43-31(2)58-29-73-43/h12-19,29,35,38,44,64H,8-11,20-24,26-28H2,1-7H3,(H,57,66)(H,60,65)/t35-,38+,44-/m1/s1. The molecular weight excluding hydrogens is 993 g/mol. The molecule has 3 N–H and O–H groups in total. The van der Waals surface area contributed by atoms with Crippen LogP contribution in [0.4, 0.5) is 28.9 Å². The molecule has 2 aromatic heterocycles. The zero-order valence-electron chi connectivity index (χ0n) is 41.7. The fraction of sp³-hybridized carbons (Fsp3) is 0.490. The van der Waals surface area contributed by atoms with E-state index in [-0.39, 0.29) is 37.8 Å². The van der Waals surface area contributed by atoms with Crippen molar-refractivity contribution in [2.45, 2.75) is 117 Å². The van der Waals surface area contributed by atoms with E-state index in [9.17, 15) is 42.7 Å². The normalized spacial score (nSPS) is 17.2. The molecule has 3 atom stereocenters. The van der Waals surface area contributed by atoms with Gasteiger partial charge in [0.25, 0.3) is 5.91 Å². The van der Waals surface area contributed by atoms with Crippen molar-refractivity contribution in [2.75, 3.05) is 49.4 Å². The number of aliphatic hydroxyl groups excluding tert-OH is 1. The first kappa shape index (κ1) is 56.2. The second kappa shape index (κ2) is 23.8. The molecule has 2 saturated heterocycles. The molecule has 0 aliphatic carbocycles. The van der Waals surface area contributed by atoms with E-state index in [1.807, 2.05) is 52.0 Å². The van der Waals surface area contributed by atoms with Gasteiger partial charge in [-0.1, -0.05) is 45.0 Å². The van der Waals surface area contributed by atoms with Gasteiger partial charge in [-0.05, 0) is 100 Å². The van der Waals surface area contributed by atoms with Crippen LogP contribution in [0.3, 0.4) is 0 Å². The molecule has 73 heavy (non-hydrogen) atoms. The maximum atomic E-state index is 15.4. The first-order chi connectivity index (χ1) is 34.4. The van der Waals surface area contributed by atoms with Crippen LogP contribution in [-0.4, -0.2) is 112 Å². The topological polar surface area (TPSA) is 200 Å². The highest BCUT2D eigenvalue weighted by Gasteiger charge is 2.52. The van der Waals surface area contributed by atoms with Gasteiger partial charge in [0.2, 0.25) is 23.6 Å². The summed E-state index contributed by atoms with van der Waals surface area (Å²) in [7, 11) is 0. The molecule has 0 bridgehead atoms. The number of halogens is 4. The Morgan fingerprint density at radius 2 is 1.63 bits per heavy atom. The zero-order chi connectivity index (χ0) is 53.4. The van der Waals surface area contributed by atoms with Crippen LogP contribution in [0.25, 0.3) is 10.4 Å². The number of β-amino-alcohol motifs (C(OH)–C–C–N with tert-alkyl or cyclic N) is 1. The zero-order valence-corrected chi connectivity index (χ0v) is 43.4. The molecule has 2 aromatic carbocycles. The number of unbranched alkanes of at least 4 members (excludes halogenated alkanes) is 2. The van der Waals surface area contributed by atoms with Crippen LogP contribution in [0.15, 0.2) is 54.0 Å². The lowest BCUT2D eigenvalue weighted by Gasteiger charge is -2.35. The summed E-state index contributed by atoms with van der Waals surface area (Å²) < 4.78 is 73.9. The molecule has 4 amide bonds. The van der Waals surface area contributed by atoms with E-state index in [4.69, 9.17) is 26.4 Å². The number of aryl methyl sites for hydroxylation is 2. The third kappa shape index (κ3) is 13.4. The summed E-state index contributed by atoms with van der Waals surface area (Å²) in [6, 6.07) is 12.2. The number of nitriles is 1. The number of carbonyl (C=O) groups excluding carboxylic acids is 4. The number of aromatic nitrogens is 2. The Bertz CT molecular complexity index is 2710. The van der Waals surface area contributed by atoms with Crippen molar-refractivity contribution in [1.29, 1.82) is 5.26 Å². The molecule has 16 nitrogen and oxygen atoms in total. The maximum absolute atomic E-state index is 15.4. The third-order valence-electron chi connectivity index (χ3n) is 12.4. The molecule has 0 saturated carbocycles. The number of pyridine rings is 1. The van der Waals surface area contributed by atoms with Crippen LogP contribution in [0.2, 0.25) is 0 Å². The van der Waals surface area contributed by atoms with Crippen molar-refractivity contribution >= 4 is 63.7 Å². The summed E-state index contributed by atoms with van der Waals surface area (Å²) in [5, 5.41) is 25.2. The third-order valence-corrected chi connectivity index (χ3v) is 13.8. The largest absolute Gasteiger partial charge is 0.478 e. The fourth-order valence-corrected chi connectivity index (χ4v) is 9.86. The van der Waals surface area contributed by atoms with Gasteiger partial charge in [0.15, 0.2) is 10.9 Å². The van der Waals surface area contributed by atoms with Gasteiger partial charge in [0.1, 0.15) is 29.8 Å². The monoisotopic (exact) mass is 1050 g/mol. The second-order valence-corrected chi connectivity index (χ2v) is 20.6.